The zero-order valence-corrected chi connectivity index (χ0v) is 8.76. The summed E-state index contributed by atoms with van der Waals surface area (Å²) in [6, 6.07) is 7.64. The topological polar surface area (TPSA) is 58.7 Å². The van der Waals surface area contributed by atoms with Crippen LogP contribution in [0.3, 0.4) is 0 Å². The summed E-state index contributed by atoms with van der Waals surface area (Å²) in [5.74, 6) is 0. The fourth-order valence-electron chi connectivity index (χ4n) is 1.88. The lowest BCUT2D eigenvalue weighted by molar-refractivity contribution is 0.0217. The number of anilines is 2. The van der Waals surface area contributed by atoms with Gasteiger partial charge in [0.05, 0.1) is 6.10 Å². The van der Waals surface area contributed by atoms with E-state index in [-0.39, 0.29) is 6.10 Å². The van der Waals surface area contributed by atoms with Gasteiger partial charge in [-0.05, 0) is 24.3 Å². The van der Waals surface area contributed by atoms with Gasteiger partial charge in [0.15, 0.2) is 0 Å². The smallest absolute Gasteiger partial charge is 0.102 e. The molecule has 0 bridgehead atoms. The summed E-state index contributed by atoms with van der Waals surface area (Å²) in [7, 11) is 1.63. The molecule has 15 heavy (non-hydrogen) atoms. The molecule has 1 fully saturated rings. The normalized spacial score (nSPS) is 25.9. The molecular weight excluding hydrogens is 192 g/mol. The minimum Gasteiger partial charge on any atom is -0.399 e. The predicted octanol–water partition coefficient (Wildman–Crippen LogP) is 0.465. The largest absolute Gasteiger partial charge is 0.399 e. The van der Waals surface area contributed by atoms with Crippen LogP contribution in [0.1, 0.15) is 0 Å². The summed E-state index contributed by atoms with van der Waals surface area (Å²) in [4.78, 5) is 2.10. The summed E-state index contributed by atoms with van der Waals surface area (Å²) in [6.07, 6.45) is -0.505. The van der Waals surface area contributed by atoms with E-state index in [1.807, 2.05) is 24.3 Å². The highest BCUT2D eigenvalue weighted by molar-refractivity contribution is 5.54. The van der Waals surface area contributed by atoms with E-state index >= 15 is 0 Å². The van der Waals surface area contributed by atoms with Gasteiger partial charge in [-0.1, -0.05) is 0 Å². The van der Waals surface area contributed by atoms with Gasteiger partial charge in [-0.3, -0.25) is 0 Å². The molecule has 0 aromatic heterocycles. The number of hydrogen-bond acceptors (Lipinski definition) is 4. The van der Waals surface area contributed by atoms with Crippen LogP contribution in [0.2, 0.25) is 0 Å². The monoisotopic (exact) mass is 208 g/mol. The number of ether oxygens (including phenoxy) is 1. The maximum absolute atomic E-state index is 9.68. The first-order valence-electron chi connectivity index (χ1n) is 5.02. The van der Waals surface area contributed by atoms with Crippen molar-refractivity contribution in [3.8, 4) is 0 Å². The molecule has 1 aliphatic heterocycles. The van der Waals surface area contributed by atoms with Gasteiger partial charge in [0.1, 0.15) is 6.10 Å². The van der Waals surface area contributed by atoms with Crippen molar-refractivity contribution in [1.82, 2.24) is 0 Å². The highest BCUT2D eigenvalue weighted by Gasteiger charge is 2.31. The fourth-order valence-corrected chi connectivity index (χ4v) is 1.88. The van der Waals surface area contributed by atoms with Crippen molar-refractivity contribution in [1.29, 1.82) is 0 Å². The number of nitrogens with two attached hydrogens (primary N) is 1. The molecule has 1 aromatic rings. The van der Waals surface area contributed by atoms with Gasteiger partial charge in [0.2, 0.25) is 0 Å². The molecule has 1 aromatic carbocycles. The minimum atomic E-state index is -0.410. The van der Waals surface area contributed by atoms with Crippen molar-refractivity contribution in [3.05, 3.63) is 24.3 Å². The van der Waals surface area contributed by atoms with Crippen LogP contribution < -0.4 is 10.6 Å². The van der Waals surface area contributed by atoms with Gasteiger partial charge in [0.25, 0.3) is 0 Å². The van der Waals surface area contributed by atoms with Crippen LogP contribution in [0.25, 0.3) is 0 Å². The van der Waals surface area contributed by atoms with Crippen LogP contribution in [0.5, 0.6) is 0 Å². The van der Waals surface area contributed by atoms with Crippen molar-refractivity contribution in [2.24, 2.45) is 0 Å². The van der Waals surface area contributed by atoms with Crippen LogP contribution in [0, 0.1) is 0 Å². The third-order valence-electron chi connectivity index (χ3n) is 2.80. The zero-order valence-electron chi connectivity index (χ0n) is 8.76. The number of aliphatic hydroxyl groups excluding tert-OH is 1. The van der Waals surface area contributed by atoms with E-state index in [1.165, 1.54) is 0 Å². The summed E-state index contributed by atoms with van der Waals surface area (Å²) in [6.45, 7) is 1.34. The molecule has 82 valence electrons. The maximum atomic E-state index is 9.68. The Morgan fingerprint density at radius 3 is 2.53 bits per heavy atom. The summed E-state index contributed by atoms with van der Waals surface area (Å²) >= 11 is 0. The number of rotatable bonds is 2. The Kier molecular flexibility index (Phi) is 2.79. The van der Waals surface area contributed by atoms with Gasteiger partial charge >= 0.3 is 0 Å². The van der Waals surface area contributed by atoms with E-state index in [0.717, 1.165) is 17.9 Å². The third-order valence-corrected chi connectivity index (χ3v) is 2.80. The van der Waals surface area contributed by atoms with E-state index in [9.17, 15) is 5.11 Å². The molecule has 0 unspecified atom stereocenters. The Balaban J connectivity index is 2.10. The molecule has 0 amide bonds. The van der Waals surface area contributed by atoms with Gasteiger partial charge in [-0.15, -0.1) is 0 Å². The first kappa shape index (κ1) is 10.3. The fraction of sp³-hybridized carbons (Fsp3) is 0.455. The quantitative estimate of drug-likeness (QED) is 0.693. The van der Waals surface area contributed by atoms with Crippen molar-refractivity contribution >= 4 is 11.4 Å². The Hall–Kier alpha value is -1.26. The lowest BCUT2D eigenvalue weighted by atomic mass is 10.2. The van der Waals surface area contributed by atoms with E-state index in [1.54, 1.807) is 7.11 Å². The van der Waals surface area contributed by atoms with Crippen LogP contribution in [0.4, 0.5) is 11.4 Å². The first-order valence-corrected chi connectivity index (χ1v) is 5.02. The minimum absolute atomic E-state index is 0.0949. The summed E-state index contributed by atoms with van der Waals surface area (Å²) in [5, 5.41) is 9.68. The molecule has 3 N–H and O–H groups in total. The van der Waals surface area contributed by atoms with Crippen LogP contribution in [0.15, 0.2) is 24.3 Å². The molecule has 1 saturated heterocycles. The Bertz CT molecular complexity index is 326. The van der Waals surface area contributed by atoms with E-state index in [4.69, 9.17) is 10.5 Å². The molecule has 4 heteroatoms. The zero-order chi connectivity index (χ0) is 10.8. The number of nitrogen functional groups attached to an aromatic ring is 1. The van der Waals surface area contributed by atoms with Gasteiger partial charge in [-0.25, -0.2) is 0 Å². The molecule has 2 rings (SSSR count). The third kappa shape index (κ3) is 2.06. The molecule has 0 spiro atoms. The van der Waals surface area contributed by atoms with Crippen molar-refractivity contribution in [3.63, 3.8) is 0 Å². The molecule has 0 radical (unpaired) electrons. The van der Waals surface area contributed by atoms with Crippen molar-refractivity contribution < 1.29 is 9.84 Å². The van der Waals surface area contributed by atoms with Gasteiger partial charge in [0, 0.05) is 31.6 Å². The van der Waals surface area contributed by atoms with Crippen molar-refractivity contribution in [2.75, 3.05) is 30.8 Å². The standard InChI is InChI=1S/C11H16N2O2/c1-15-11-7-13(6-10(11)14)9-4-2-8(12)3-5-9/h2-5,10-11,14H,6-7,12H2,1H3/t10-,11-/m1/s1. The second kappa shape index (κ2) is 4.08. The number of methoxy groups -OCH3 is 1. The lowest BCUT2D eigenvalue weighted by Crippen LogP contribution is -2.25. The number of aliphatic hydroxyl groups is 1. The molecule has 2 atom stereocenters. The van der Waals surface area contributed by atoms with E-state index in [0.29, 0.717) is 6.54 Å². The first-order chi connectivity index (χ1) is 7.20. The molecular formula is C11H16N2O2. The highest BCUT2D eigenvalue weighted by atomic mass is 16.5. The maximum Gasteiger partial charge on any atom is 0.102 e. The van der Waals surface area contributed by atoms with Crippen molar-refractivity contribution in [2.45, 2.75) is 12.2 Å². The number of β-amino-alcohol motifs (C(OH)–C–C–N with tert-alkyl or cyclic N) is 1. The highest BCUT2D eigenvalue weighted by Crippen LogP contribution is 2.22. The molecule has 4 nitrogen and oxygen atoms in total. The number of nitrogens with zero attached hydrogens (tertiary/aromatic N) is 1. The van der Waals surface area contributed by atoms with Gasteiger partial charge in [-0.2, -0.15) is 0 Å². The molecule has 0 saturated carbocycles. The van der Waals surface area contributed by atoms with Crippen LogP contribution in [-0.2, 0) is 4.74 Å². The second-order valence-electron chi connectivity index (χ2n) is 3.84. The Morgan fingerprint density at radius 1 is 1.33 bits per heavy atom. The molecule has 1 aliphatic rings. The van der Waals surface area contributed by atoms with Crippen LogP contribution in [-0.4, -0.2) is 37.5 Å². The average Bonchev–Trinajstić information content (AvgIpc) is 2.61. The average molecular weight is 208 g/mol. The second-order valence-corrected chi connectivity index (χ2v) is 3.84. The number of benzene rings is 1. The molecule has 0 aliphatic carbocycles. The lowest BCUT2D eigenvalue weighted by Gasteiger charge is -2.17. The van der Waals surface area contributed by atoms with E-state index in [2.05, 4.69) is 4.90 Å². The SMILES string of the molecule is CO[C@@H]1CN(c2ccc(N)cc2)C[C@H]1O. The Labute approximate surface area is 89.3 Å². The predicted molar refractivity (Wildman–Crippen MR) is 59.9 cm³/mol. The molecule has 1 heterocycles. The van der Waals surface area contributed by atoms with E-state index < -0.39 is 6.10 Å². The number of hydrogen-bond donors (Lipinski definition) is 2. The Morgan fingerprint density at radius 2 is 2.00 bits per heavy atom. The van der Waals surface area contributed by atoms with Gasteiger partial charge < -0.3 is 20.5 Å². The summed E-state index contributed by atoms with van der Waals surface area (Å²) < 4.78 is 5.18. The van der Waals surface area contributed by atoms with Crippen LogP contribution >= 0.6 is 0 Å². The summed E-state index contributed by atoms with van der Waals surface area (Å²) in [5.41, 5.74) is 7.44.